The van der Waals surface area contributed by atoms with Crippen LogP contribution in [-0.4, -0.2) is 35.6 Å². The van der Waals surface area contributed by atoms with Crippen LogP contribution in [0, 0.1) is 0 Å². The molecule has 0 aromatic heterocycles. The van der Waals surface area contributed by atoms with Gasteiger partial charge in [0.1, 0.15) is 0 Å². The lowest BCUT2D eigenvalue weighted by molar-refractivity contribution is 0.0743. The first-order chi connectivity index (χ1) is 8.22. The maximum atomic E-state index is 12.1. The van der Waals surface area contributed by atoms with Crippen LogP contribution in [0.15, 0.2) is 36.9 Å². The molecule has 0 unspecified atom stereocenters. The van der Waals surface area contributed by atoms with Gasteiger partial charge < -0.3 is 10.0 Å². The van der Waals surface area contributed by atoms with Gasteiger partial charge in [0.2, 0.25) is 0 Å². The fourth-order valence-electron chi connectivity index (χ4n) is 1.62. The van der Waals surface area contributed by atoms with E-state index in [9.17, 15) is 4.79 Å². The van der Waals surface area contributed by atoms with Gasteiger partial charge in [-0.2, -0.15) is 0 Å². The van der Waals surface area contributed by atoms with Crippen molar-refractivity contribution in [3.8, 4) is 0 Å². The van der Waals surface area contributed by atoms with Gasteiger partial charge in [-0.1, -0.05) is 25.1 Å². The molecule has 1 amide bonds. The number of nitrogens with zero attached hydrogens (tertiary/aromatic N) is 1. The van der Waals surface area contributed by atoms with Crippen LogP contribution in [0.4, 0.5) is 0 Å². The molecule has 0 aliphatic heterocycles. The molecule has 1 aromatic rings. The number of aryl methyl sites for hydroxylation is 1. The standard InChI is InChI=1S/C14H19NO2/c1-3-9-15(10-11-16)14(17)13-7-5-12(4-2)6-8-13/h3,5-8,16H,1,4,9-11H2,2H3. The molecule has 0 aliphatic carbocycles. The molecule has 0 fully saturated rings. The molecule has 92 valence electrons. The average Bonchev–Trinajstić information content (AvgIpc) is 2.38. The third kappa shape index (κ3) is 3.71. The summed E-state index contributed by atoms with van der Waals surface area (Å²) in [5.41, 5.74) is 1.86. The van der Waals surface area contributed by atoms with Gasteiger partial charge in [0.25, 0.3) is 5.91 Å². The van der Waals surface area contributed by atoms with Crippen LogP contribution in [0.3, 0.4) is 0 Å². The van der Waals surface area contributed by atoms with Gasteiger partial charge in [0.15, 0.2) is 0 Å². The number of rotatable bonds is 6. The molecule has 0 radical (unpaired) electrons. The monoisotopic (exact) mass is 233 g/mol. The van der Waals surface area contributed by atoms with Gasteiger partial charge >= 0.3 is 0 Å². The smallest absolute Gasteiger partial charge is 0.254 e. The van der Waals surface area contributed by atoms with Crippen LogP contribution in [-0.2, 0) is 6.42 Å². The zero-order valence-electron chi connectivity index (χ0n) is 10.2. The van der Waals surface area contributed by atoms with Gasteiger partial charge in [-0.05, 0) is 24.1 Å². The van der Waals surface area contributed by atoms with Gasteiger partial charge in [-0.25, -0.2) is 0 Å². The van der Waals surface area contributed by atoms with E-state index in [2.05, 4.69) is 13.5 Å². The molecule has 0 spiro atoms. The Kier molecular flexibility index (Phi) is 5.43. The average molecular weight is 233 g/mol. The normalized spacial score (nSPS) is 10.0. The van der Waals surface area contributed by atoms with E-state index < -0.39 is 0 Å². The molecule has 1 rings (SSSR count). The Morgan fingerprint density at radius 1 is 1.41 bits per heavy atom. The van der Waals surface area contributed by atoms with Gasteiger partial charge in [-0.15, -0.1) is 6.58 Å². The summed E-state index contributed by atoms with van der Waals surface area (Å²) in [6, 6.07) is 7.57. The fourth-order valence-corrected chi connectivity index (χ4v) is 1.62. The molecule has 0 aliphatic rings. The second-order valence-electron chi connectivity index (χ2n) is 3.81. The van der Waals surface area contributed by atoms with Gasteiger partial charge in [0, 0.05) is 18.7 Å². The van der Waals surface area contributed by atoms with Crippen molar-refractivity contribution in [1.82, 2.24) is 4.90 Å². The predicted molar refractivity (Wildman–Crippen MR) is 69.0 cm³/mol. The molecule has 0 saturated heterocycles. The highest BCUT2D eigenvalue weighted by Crippen LogP contribution is 2.08. The lowest BCUT2D eigenvalue weighted by Crippen LogP contribution is -2.33. The van der Waals surface area contributed by atoms with Gasteiger partial charge in [0.05, 0.1) is 6.61 Å². The zero-order chi connectivity index (χ0) is 12.7. The Morgan fingerprint density at radius 2 is 2.06 bits per heavy atom. The van der Waals surface area contributed by atoms with E-state index in [4.69, 9.17) is 5.11 Å². The maximum Gasteiger partial charge on any atom is 0.254 e. The Morgan fingerprint density at radius 3 is 2.53 bits per heavy atom. The van der Waals surface area contributed by atoms with Crippen molar-refractivity contribution in [3.63, 3.8) is 0 Å². The summed E-state index contributed by atoms with van der Waals surface area (Å²) in [5, 5.41) is 8.91. The molecule has 0 heterocycles. The fraction of sp³-hybridized carbons (Fsp3) is 0.357. The van der Waals surface area contributed by atoms with Crippen LogP contribution >= 0.6 is 0 Å². The molecule has 1 aromatic carbocycles. The van der Waals surface area contributed by atoms with Crippen LogP contribution < -0.4 is 0 Å². The number of benzene rings is 1. The second-order valence-corrected chi connectivity index (χ2v) is 3.81. The summed E-state index contributed by atoms with van der Waals surface area (Å²) >= 11 is 0. The summed E-state index contributed by atoms with van der Waals surface area (Å²) in [6.07, 6.45) is 2.62. The summed E-state index contributed by atoms with van der Waals surface area (Å²) in [7, 11) is 0. The highest BCUT2D eigenvalue weighted by molar-refractivity contribution is 5.94. The van der Waals surface area contributed by atoms with E-state index in [0.29, 0.717) is 18.7 Å². The minimum absolute atomic E-state index is 0.0351. The Hall–Kier alpha value is -1.61. The lowest BCUT2D eigenvalue weighted by atomic mass is 10.1. The van der Waals surface area contributed by atoms with Crippen LogP contribution in [0.25, 0.3) is 0 Å². The van der Waals surface area contributed by atoms with Crippen molar-refractivity contribution in [1.29, 1.82) is 0 Å². The molecular formula is C14H19NO2. The molecule has 17 heavy (non-hydrogen) atoms. The molecule has 0 saturated carbocycles. The van der Waals surface area contributed by atoms with Crippen molar-refractivity contribution in [2.75, 3.05) is 19.7 Å². The van der Waals surface area contributed by atoms with Crippen molar-refractivity contribution in [3.05, 3.63) is 48.0 Å². The number of hydrogen-bond acceptors (Lipinski definition) is 2. The highest BCUT2D eigenvalue weighted by atomic mass is 16.3. The molecular weight excluding hydrogens is 214 g/mol. The molecule has 0 atom stereocenters. The first kappa shape index (κ1) is 13.5. The maximum absolute atomic E-state index is 12.1. The highest BCUT2D eigenvalue weighted by Gasteiger charge is 2.13. The minimum Gasteiger partial charge on any atom is -0.395 e. The molecule has 3 heteroatoms. The minimum atomic E-state index is -0.0680. The van der Waals surface area contributed by atoms with E-state index in [-0.39, 0.29) is 12.5 Å². The third-order valence-corrected chi connectivity index (χ3v) is 2.62. The Labute approximate surface area is 102 Å². The zero-order valence-corrected chi connectivity index (χ0v) is 10.2. The molecule has 0 bridgehead atoms. The largest absolute Gasteiger partial charge is 0.395 e. The van der Waals surface area contributed by atoms with E-state index in [1.165, 1.54) is 5.56 Å². The molecule has 3 nitrogen and oxygen atoms in total. The summed E-state index contributed by atoms with van der Waals surface area (Å²) in [4.78, 5) is 13.7. The molecule has 1 N–H and O–H groups in total. The van der Waals surface area contributed by atoms with E-state index >= 15 is 0 Å². The van der Waals surface area contributed by atoms with E-state index in [1.54, 1.807) is 11.0 Å². The van der Waals surface area contributed by atoms with Gasteiger partial charge in [-0.3, -0.25) is 4.79 Å². The number of aliphatic hydroxyl groups excluding tert-OH is 1. The van der Waals surface area contributed by atoms with Crippen molar-refractivity contribution in [2.45, 2.75) is 13.3 Å². The predicted octanol–water partition coefficient (Wildman–Crippen LogP) is 1.87. The summed E-state index contributed by atoms with van der Waals surface area (Å²) in [5.74, 6) is -0.0680. The topological polar surface area (TPSA) is 40.5 Å². The first-order valence-electron chi connectivity index (χ1n) is 5.82. The quantitative estimate of drug-likeness (QED) is 0.762. The van der Waals surface area contributed by atoms with E-state index in [1.807, 2.05) is 24.3 Å². The number of hydrogen-bond donors (Lipinski definition) is 1. The van der Waals surface area contributed by atoms with Crippen molar-refractivity contribution < 1.29 is 9.90 Å². The number of aliphatic hydroxyl groups is 1. The Balaban J connectivity index is 2.80. The number of carbonyl (C=O) groups excluding carboxylic acids is 1. The van der Waals surface area contributed by atoms with Crippen LogP contribution in [0.1, 0.15) is 22.8 Å². The van der Waals surface area contributed by atoms with Crippen molar-refractivity contribution in [2.24, 2.45) is 0 Å². The third-order valence-electron chi connectivity index (χ3n) is 2.62. The number of carbonyl (C=O) groups is 1. The lowest BCUT2D eigenvalue weighted by Gasteiger charge is -2.20. The van der Waals surface area contributed by atoms with Crippen LogP contribution in [0.5, 0.6) is 0 Å². The summed E-state index contributed by atoms with van der Waals surface area (Å²) in [6.45, 7) is 6.44. The van der Waals surface area contributed by atoms with E-state index in [0.717, 1.165) is 6.42 Å². The SMILES string of the molecule is C=CCN(CCO)C(=O)c1ccc(CC)cc1. The number of amides is 1. The second kappa shape index (κ2) is 6.86. The van der Waals surface area contributed by atoms with Crippen molar-refractivity contribution >= 4 is 5.91 Å². The summed E-state index contributed by atoms with van der Waals surface area (Å²) < 4.78 is 0. The first-order valence-corrected chi connectivity index (χ1v) is 5.82. The Bertz CT molecular complexity index is 370. The van der Waals surface area contributed by atoms with Crippen LogP contribution in [0.2, 0.25) is 0 Å².